The highest BCUT2D eigenvalue weighted by Gasteiger charge is 2.45. The smallest absolute Gasteiger partial charge is 0.455 e. The SMILES string of the molecule is O=C(CCC(=O)OC(c1ccc(F)cc1)C(Cc1cccc(OC(F)(F)C(F)F)c1)NC(=O)c1cccc2c1C=CCCC2)OC(c1ccc(F)cc1)C(Cc1cccc(OC(F)(F)C(F)F)c1)NC(=O)c1cccc2c1C=CCCC2. The summed E-state index contributed by atoms with van der Waals surface area (Å²) >= 11 is 0. The Hall–Kier alpha value is -8.42. The molecule has 0 radical (unpaired) electrons. The zero-order valence-electron chi connectivity index (χ0n) is 43.6. The molecule has 0 heterocycles. The summed E-state index contributed by atoms with van der Waals surface area (Å²) in [6.45, 7) is 0. The van der Waals surface area contributed by atoms with Crippen molar-refractivity contribution in [1.82, 2.24) is 10.6 Å². The molecule has 4 unspecified atom stereocenters. The number of benzene rings is 6. The van der Waals surface area contributed by atoms with Crippen LogP contribution < -0.4 is 20.1 Å². The first-order valence-corrected chi connectivity index (χ1v) is 26.2. The van der Waals surface area contributed by atoms with Crippen LogP contribution in [0, 0.1) is 11.6 Å². The summed E-state index contributed by atoms with van der Waals surface area (Å²) in [5.74, 6) is -6.24. The van der Waals surface area contributed by atoms with Crippen molar-refractivity contribution in [2.24, 2.45) is 0 Å². The van der Waals surface area contributed by atoms with Gasteiger partial charge in [-0.05, 0) is 157 Å². The molecular formula is C62H54F10N2O8. The third kappa shape index (κ3) is 15.7. The molecule has 0 bridgehead atoms. The van der Waals surface area contributed by atoms with E-state index in [-0.39, 0.29) is 46.2 Å². The first-order chi connectivity index (χ1) is 39.2. The molecule has 2 N–H and O–H groups in total. The first kappa shape index (κ1) is 59.7. The summed E-state index contributed by atoms with van der Waals surface area (Å²) in [4.78, 5) is 57.3. The predicted octanol–water partition coefficient (Wildman–Crippen LogP) is 13.9. The molecule has 8 rings (SSSR count). The number of nitrogens with one attached hydrogen (secondary N) is 2. The third-order valence-corrected chi connectivity index (χ3v) is 13.6. The number of aryl methyl sites for hydroxylation is 2. The lowest BCUT2D eigenvalue weighted by molar-refractivity contribution is -0.253. The van der Waals surface area contributed by atoms with Gasteiger partial charge in [0.1, 0.15) is 35.3 Å². The van der Waals surface area contributed by atoms with E-state index in [4.69, 9.17) is 9.47 Å². The number of fused-ring (bicyclic) bond motifs is 2. The Labute approximate surface area is 465 Å². The van der Waals surface area contributed by atoms with Gasteiger partial charge >= 0.3 is 37.0 Å². The van der Waals surface area contributed by atoms with Gasteiger partial charge in [0.15, 0.2) is 0 Å². The molecule has 2 aliphatic rings. The predicted molar refractivity (Wildman–Crippen MR) is 282 cm³/mol. The second-order valence-electron chi connectivity index (χ2n) is 19.6. The molecule has 82 heavy (non-hydrogen) atoms. The summed E-state index contributed by atoms with van der Waals surface area (Å²) in [6.07, 6.45) is -11.6. The van der Waals surface area contributed by atoms with Gasteiger partial charge in [0.2, 0.25) is 0 Å². The molecule has 0 aliphatic heterocycles. The standard InChI is InChI=1S/C62H54F10N2O8/c63-43-27-23-41(24-28-43)55(51(35-37-11-7-17-45(33-37)81-61(69,70)59(65)66)73-57(77)49-21-9-15-39-13-3-1-5-19-47(39)49)79-53(75)31-32-54(76)80-56(42-25-29-44(64)30-26-42)52(36-38-12-8-18-46(34-38)82-62(71,72)60(67)68)74-58(78)50-22-10-16-40-14-4-2-6-20-48(40)50/h5-12,15-30,33-34,51-52,55-56,59-60H,1-4,13-14,31-32,35-36H2,(H,73,77)(H,74,78). The maximum Gasteiger partial charge on any atom is 0.461 e. The molecule has 2 amide bonds. The minimum Gasteiger partial charge on any atom is -0.455 e. The fourth-order valence-corrected chi connectivity index (χ4v) is 9.69. The van der Waals surface area contributed by atoms with E-state index in [9.17, 15) is 63.1 Å². The van der Waals surface area contributed by atoms with Gasteiger partial charge in [-0.25, -0.2) is 8.78 Å². The summed E-state index contributed by atoms with van der Waals surface area (Å²) < 4.78 is 159. The van der Waals surface area contributed by atoms with Crippen molar-refractivity contribution in [1.29, 1.82) is 0 Å². The number of alkyl halides is 8. The molecule has 20 heteroatoms. The highest BCUT2D eigenvalue weighted by Crippen LogP contribution is 2.34. The van der Waals surface area contributed by atoms with Crippen LogP contribution in [0.2, 0.25) is 0 Å². The lowest BCUT2D eigenvalue weighted by Crippen LogP contribution is -2.43. The van der Waals surface area contributed by atoms with Crippen LogP contribution in [-0.4, -0.2) is 60.9 Å². The van der Waals surface area contributed by atoms with Gasteiger partial charge in [-0.3, -0.25) is 19.2 Å². The lowest BCUT2D eigenvalue weighted by atomic mass is 9.94. The normalized spacial score (nSPS) is 14.7. The molecule has 2 aliphatic carbocycles. The van der Waals surface area contributed by atoms with Crippen molar-refractivity contribution in [3.8, 4) is 11.5 Å². The Morgan fingerprint density at radius 2 is 0.878 bits per heavy atom. The molecule has 430 valence electrons. The van der Waals surface area contributed by atoms with Crippen LogP contribution in [0.5, 0.6) is 11.5 Å². The molecule has 6 aromatic carbocycles. The van der Waals surface area contributed by atoms with Gasteiger partial charge in [-0.1, -0.05) is 97.1 Å². The fourth-order valence-electron chi connectivity index (χ4n) is 9.69. The van der Waals surface area contributed by atoms with Gasteiger partial charge in [0.05, 0.1) is 24.9 Å². The molecule has 0 saturated heterocycles. The second kappa shape index (κ2) is 26.9. The maximum atomic E-state index is 14.5. The average molecular weight is 1150 g/mol. The molecule has 6 aromatic rings. The van der Waals surface area contributed by atoms with Crippen molar-refractivity contribution in [3.05, 3.63) is 213 Å². The summed E-state index contributed by atoms with van der Waals surface area (Å²) in [7, 11) is 0. The number of ether oxygens (including phenoxy) is 4. The number of allylic oxidation sites excluding steroid dienone is 2. The van der Waals surface area contributed by atoms with Crippen LogP contribution in [0.25, 0.3) is 12.2 Å². The van der Waals surface area contributed by atoms with Crippen molar-refractivity contribution in [2.75, 3.05) is 0 Å². The molecule has 10 nitrogen and oxygen atoms in total. The monoisotopic (exact) mass is 1140 g/mol. The Bertz CT molecular complexity index is 3070. The number of hydrogen-bond acceptors (Lipinski definition) is 8. The number of hydrogen-bond donors (Lipinski definition) is 2. The van der Waals surface area contributed by atoms with E-state index in [1.54, 1.807) is 36.4 Å². The van der Waals surface area contributed by atoms with Crippen molar-refractivity contribution < 1.29 is 82.0 Å². The average Bonchev–Trinajstić information content (AvgIpc) is 4.01. The maximum absolute atomic E-state index is 14.5. The van der Waals surface area contributed by atoms with Crippen molar-refractivity contribution >= 4 is 35.9 Å². The van der Waals surface area contributed by atoms with Crippen LogP contribution >= 0.6 is 0 Å². The highest BCUT2D eigenvalue weighted by molar-refractivity contribution is 5.99. The quantitative estimate of drug-likeness (QED) is 0.0479. The number of carbonyl (C=O) groups is 4. The molecular weight excluding hydrogens is 1090 g/mol. The van der Waals surface area contributed by atoms with E-state index < -0.39 is 109 Å². The molecule has 4 atom stereocenters. The first-order valence-electron chi connectivity index (χ1n) is 26.2. The fraction of sp³-hybridized carbons (Fsp3) is 0.290. The van der Waals surface area contributed by atoms with E-state index in [1.165, 1.54) is 48.5 Å². The van der Waals surface area contributed by atoms with Gasteiger partial charge < -0.3 is 29.6 Å². The molecule has 0 spiro atoms. The van der Waals surface area contributed by atoms with E-state index in [0.717, 1.165) is 85.3 Å². The largest absolute Gasteiger partial charge is 0.461 e. The van der Waals surface area contributed by atoms with Gasteiger partial charge in [-0.15, -0.1) is 0 Å². The summed E-state index contributed by atoms with van der Waals surface area (Å²) in [5.41, 5.74) is 3.87. The summed E-state index contributed by atoms with van der Waals surface area (Å²) in [6, 6.07) is 26.2. The lowest BCUT2D eigenvalue weighted by Gasteiger charge is -2.30. The number of halogens is 10. The molecule has 0 fully saturated rings. The third-order valence-electron chi connectivity index (χ3n) is 13.6. The van der Waals surface area contributed by atoms with Gasteiger partial charge in [0.25, 0.3) is 11.8 Å². The van der Waals surface area contributed by atoms with E-state index >= 15 is 0 Å². The van der Waals surface area contributed by atoms with E-state index in [0.29, 0.717) is 24.0 Å². The van der Waals surface area contributed by atoms with Gasteiger partial charge in [-0.2, -0.15) is 35.1 Å². The van der Waals surface area contributed by atoms with Crippen LogP contribution in [0.1, 0.15) is 116 Å². The Morgan fingerprint density at radius 3 is 1.26 bits per heavy atom. The minimum absolute atomic E-state index is 0.110. The van der Waals surface area contributed by atoms with Crippen LogP contribution in [0.15, 0.2) is 146 Å². The number of amides is 2. The van der Waals surface area contributed by atoms with Crippen LogP contribution in [0.4, 0.5) is 43.9 Å². The number of carbonyl (C=O) groups excluding carboxylic acids is 4. The van der Waals surface area contributed by atoms with Crippen LogP contribution in [0.3, 0.4) is 0 Å². The molecule has 0 saturated carbocycles. The molecule has 0 aromatic heterocycles. The van der Waals surface area contributed by atoms with Crippen LogP contribution in [-0.2, 0) is 44.7 Å². The number of rotatable bonds is 23. The topological polar surface area (TPSA) is 129 Å². The minimum atomic E-state index is -4.88. The van der Waals surface area contributed by atoms with Crippen molar-refractivity contribution in [3.63, 3.8) is 0 Å². The Morgan fingerprint density at radius 1 is 0.500 bits per heavy atom. The van der Waals surface area contributed by atoms with Gasteiger partial charge in [0, 0.05) is 11.1 Å². The van der Waals surface area contributed by atoms with Crippen molar-refractivity contribution in [2.45, 2.75) is 114 Å². The number of esters is 2. The van der Waals surface area contributed by atoms with E-state index in [1.807, 2.05) is 24.3 Å². The summed E-state index contributed by atoms with van der Waals surface area (Å²) in [5, 5.41) is 5.76. The Balaban J connectivity index is 1.09. The zero-order chi connectivity index (χ0) is 58.6. The Kier molecular flexibility index (Phi) is 19.6. The zero-order valence-corrected chi connectivity index (χ0v) is 43.6. The highest BCUT2D eigenvalue weighted by atomic mass is 19.3. The van der Waals surface area contributed by atoms with E-state index in [2.05, 4.69) is 20.1 Å². The second-order valence-corrected chi connectivity index (χ2v) is 19.6.